The second-order valence-electron chi connectivity index (χ2n) is 6.32. The summed E-state index contributed by atoms with van der Waals surface area (Å²) >= 11 is 0. The predicted molar refractivity (Wildman–Crippen MR) is 90.7 cm³/mol. The summed E-state index contributed by atoms with van der Waals surface area (Å²) in [5.74, 6) is -3.63. The van der Waals surface area contributed by atoms with E-state index >= 15 is 0 Å². The fourth-order valence-electron chi connectivity index (χ4n) is 2.02. The minimum atomic E-state index is -1.46. The van der Waals surface area contributed by atoms with Crippen LogP contribution in [0.4, 0.5) is 0 Å². The van der Waals surface area contributed by atoms with Gasteiger partial charge in [0.1, 0.15) is 18.6 Å². The maximum atomic E-state index is 12.2. The van der Waals surface area contributed by atoms with Crippen molar-refractivity contribution in [2.24, 2.45) is 11.7 Å². The molecule has 0 aromatic heterocycles. The van der Waals surface area contributed by atoms with E-state index in [2.05, 4.69) is 10.6 Å². The Kier molecular flexibility index (Phi) is 10.4. The van der Waals surface area contributed by atoms with Crippen LogP contribution >= 0.6 is 0 Å². The largest absolute Gasteiger partial charge is 0.480 e. The Morgan fingerprint density at radius 2 is 1.58 bits per heavy atom. The van der Waals surface area contributed by atoms with Crippen molar-refractivity contribution in [3.63, 3.8) is 0 Å². The summed E-state index contributed by atoms with van der Waals surface area (Å²) in [6.45, 7) is 3.51. The number of carboxylic acid groups (broad SMARTS) is 1. The van der Waals surface area contributed by atoms with Crippen LogP contribution in [-0.4, -0.2) is 76.4 Å². The topological polar surface area (TPSA) is 191 Å². The molecule has 4 unspecified atom stereocenters. The second kappa shape index (κ2) is 11.4. The molecular formula is C15H28N4O7. The summed E-state index contributed by atoms with van der Waals surface area (Å²) in [6, 6.07) is -3.71. The van der Waals surface area contributed by atoms with Crippen molar-refractivity contribution in [1.29, 1.82) is 0 Å². The lowest BCUT2D eigenvalue weighted by Crippen LogP contribution is -2.59. The summed E-state index contributed by atoms with van der Waals surface area (Å²) in [7, 11) is 0. The number of hydrogen-bond donors (Lipinski definition) is 7. The molecule has 0 aromatic rings. The highest BCUT2D eigenvalue weighted by Crippen LogP contribution is 2.03. The molecule has 4 atom stereocenters. The van der Waals surface area contributed by atoms with Gasteiger partial charge in [-0.25, -0.2) is 0 Å². The van der Waals surface area contributed by atoms with Gasteiger partial charge in [0.25, 0.3) is 0 Å². The van der Waals surface area contributed by atoms with Crippen LogP contribution in [0.25, 0.3) is 0 Å². The molecule has 11 nitrogen and oxygen atoms in total. The number of aliphatic carboxylic acids is 1. The monoisotopic (exact) mass is 376 g/mol. The lowest BCUT2D eigenvalue weighted by atomic mass is 10.0. The Bertz CT molecular complexity index is 510. The molecule has 150 valence electrons. The molecule has 0 aromatic carbocycles. The average molecular weight is 376 g/mol. The first-order chi connectivity index (χ1) is 12.0. The average Bonchev–Trinajstić information content (AvgIpc) is 2.53. The number of carbonyl (C=O) groups is 4. The van der Waals surface area contributed by atoms with Gasteiger partial charge in [0.15, 0.2) is 0 Å². The first-order valence-corrected chi connectivity index (χ1v) is 8.14. The SMILES string of the molecule is CC(C)CC(N)C(=O)NC(CO)C(=O)NC(C(=O)NCC(=O)O)C(C)O. The third-order valence-electron chi connectivity index (χ3n) is 3.35. The molecule has 11 heteroatoms. The van der Waals surface area contributed by atoms with Crippen LogP contribution in [0.2, 0.25) is 0 Å². The Morgan fingerprint density at radius 1 is 1.00 bits per heavy atom. The zero-order valence-electron chi connectivity index (χ0n) is 15.1. The van der Waals surface area contributed by atoms with Gasteiger partial charge in [0.2, 0.25) is 17.7 Å². The molecule has 0 bridgehead atoms. The minimum Gasteiger partial charge on any atom is -0.480 e. The van der Waals surface area contributed by atoms with Crippen LogP contribution in [0, 0.1) is 5.92 Å². The van der Waals surface area contributed by atoms with Crippen molar-refractivity contribution in [3.8, 4) is 0 Å². The number of aliphatic hydroxyl groups excluding tert-OH is 2. The van der Waals surface area contributed by atoms with Gasteiger partial charge in [-0.05, 0) is 19.3 Å². The molecule has 0 fully saturated rings. The van der Waals surface area contributed by atoms with Gasteiger partial charge < -0.3 is 37.0 Å². The van der Waals surface area contributed by atoms with E-state index in [9.17, 15) is 29.4 Å². The van der Waals surface area contributed by atoms with Crippen molar-refractivity contribution in [3.05, 3.63) is 0 Å². The second-order valence-corrected chi connectivity index (χ2v) is 6.32. The lowest BCUT2D eigenvalue weighted by molar-refractivity contribution is -0.139. The Hall–Kier alpha value is -2.24. The summed E-state index contributed by atoms with van der Waals surface area (Å²) in [5.41, 5.74) is 5.70. The molecule has 0 heterocycles. The van der Waals surface area contributed by atoms with Crippen LogP contribution in [0.1, 0.15) is 27.2 Å². The molecule has 0 aliphatic carbocycles. The first kappa shape index (κ1) is 23.8. The Morgan fingerprint density at radius 3 is 2.00 bits per heavy atom. The molecule has 0 rings (SSSR count). The van der Waals surface area contributed by atoms with E-state index in [-0.39, 0.29) is 5.92 Å². The number of carboxylic acids is 1. The summed E-state index contributed by atoms with van der Waals surface area (Å²) in [6.07, 6.45) is -0.967. The summed E-state index contributed by atoms with van der Waals surface area (Å²) in [5, 5.41) is 34.0. The molecule has 8 N–H and O–H groups in total. The van der Waals surface area contributed by atoms with E-state index in [1.54, 1.807) is 0 Å². The van der Waals surface area contributed by atoms with Gasteiger partial charge in [-0.2, -0.15) is 0 Å². The van der Waals surface area contributed by atoms with Gasteiger partial charge in [0.05, 0.1) is 18.8 Å². The van der Waals surface area contributed by atoms with Crippen molar-refractivity contribution in [2.75, 3.05) is 13.2 Å². The molecule has 3 amide bonds. The van der Waals surface area contributed by atoms with Crippen LogP contribution in [0.5, 0.6) is 0 Å². The van der Waals surface area contributed by atoms with Crippen molar-refractivity contribution >= 4 is 23.7 Å². The number of nitrogens with one attached hydrogen (secondary N) is 3. The summed E-state index contributed by atoms with van der Waals surface area (Å²) in [4.78, 5) is 46.5. The first-order valence-electron chi connectivity index (χ1n) is 8.14. The number of hydrogen-bond acceptors (Lipinski definition) is 7. The van der Waals surface area contributed by atoms with Crippen LogP contribution < -0.4 is 21.7 Å². The highest BCUT2D eigenvalue weighted by Gasteiger charge is 2.30. The number of amides is 3. The highest BCUT2D eigenvalue weighted by molar-refractivity contribution is 5.94. The number of rotatable bonds is 11. The number of carbonyl (C=O) groups excluding carboxylic acids is 3. The standard InChI is InChI=1S/C15H28N4O7/c1-7(2)4-9(16)13(24)18-10(6-20)14(25)19-12(8(3)21)15(26)17-5-11(22)23/h7-10,12,20-21H,4-6,16H2,1-3H3,(H,17,26)(H,18,24)(H,19,25)(H,22,23). The third-order valence-corrected chi connectivity index (χ3v) is 3.35. The maximum Gasteiger partial charge on any atom is 0.322 e. The van der Waals surface area contributed by atoms with Crippen LogP contribution in [0.15, 0.2) is 0 Å². The van der Waals surface area contributed by atoms with Gasteiger partial charge in [0, 0.05) is 0 Å². The molecule has 0 saturated heterocycles. The van der Waals surface area contributed by atoms with E-state index in [1.807, 2.05) is 19.2 Å². The Balaban J connectivity index is 4.89. The molecule has 0 spiro atoms. The zero-order valence-corrected chi connectivity index (χ0v) is 15.1. The van der Waals surface area contributed by atoms with Crippen molar-refractivity contribution in [1.82, 2.24) is 16.0 Å². The highest BCUT2D eigenvalue weighted by atomic mass is 16.4. The van der Waals surface area contributed by atoms with Crippen LogP contribution in [-0.2, 0) is 19.2 Å². The summed E-state index contributed by atoms with van der Waals surface area (Å²) < 4.78 is 0. The number of nitrogens with two attached hydrogens (primary N) is 1. The van der Waals surface area contributed by atoms with Crippen molar-refractivity contribution < 1.29 is 34.5 Å². The maximum absolute atomic E-state index is 12.2. The van der Waals surface area contributed by atoms with Crippen LogP contribution in [0.3, 0.4) is 0 Å². The van der Waals surface area contributed by atoms with E-state index in [4.69, 9.17) is 10.8 Å². The van der Waals surface area contributed by atoms with Gasteiger partial charge >= 0.3 is 5.97 Å². The molecule has 0 aliphatic heterocycles. The van der Waals surface area contributed by atoms with E-state index in [0.717, 1.165) is 0 Å². The lowest BCUT2D eigenvalue weighted by Gasteiger charge is -2.24. The van der Waals surface area contributed by atoms with Gasteiger partial charge in [-0.3, -0.25) is 19.2 Å². The van der Waals surface area contributed by atoms with Crippen molar-refractivity contribution in [2.45, 2.75) is 51.4 Å². The fraction of sp³-hybridized carbons (Fsp3) is 0.733. The quantitative estimate of drug-likeness (QED) is 0.197. The zero-order chi connectivity index (χ0) is 20.4. The van der Waals surface area contributed by atoms with E-state index < -0.39 is 61.1 Å². The smallest absolute Gasteiger partial charge is 0.322 e. The Labute approximate surface area is 151 Å². The van der Waals surface area contributed by atoms with Gasteiger partial charge in [-0.15, -0.1) is 0 Å². The van der Waals surface area contributed by atoms with E-state index in [1.165, 1.54) is 6.92 Å². The molecular weight excluding hydrogens is 348 g/mol. The minimum absolute atomic E-state index is 0.148. The number of aliphatic hydroxyl groups is 2. The fourth-order valence-corrected chi connectivity index (χ4v) is 2.02. The molecule has 0 saturated carbocycles. The van der Waals surface area contributed by atoms with E-state index in [0.29, 0.717) is 6.42 Å². The third kappa shape index (κ3) is 8.74. The molecule has 0 radical (unpaired) electrons. The molecule has 0 aliphatic rings. The molecule has 26 heavy (non-hydrogen) atoms. The normalized spacial score (nSPS) is 15.5. The van der Waals surface area contributed by atoms with Gasteiger partial charge in [-0.1, -0.05) is 13.8 Å². The predicted octanol–water partition coefficient (Wildman–Crippen LogP) is -3.10.